The number of fused-ring (bicyclic) bond motifs is 1. The maximum absolute atomic E-state index is 13.1. The molecule has 0 aliphatic carbocycles. The number of carbonyl (C=O) groups excluding carboxylic acids is 3. The largest absolute Gasteiger partial charge is 0.339 e. The van der Waals surface area contributed by atoms with E-state index in [1.54, 1.807) is 45.0 Å². The fraction of sp³-hybridized carbons (Fsp3) is 0.261. The number of hydrogen-bond acceptors (Lipinski definition) is 4. The Balaban J connectivity index is 1.89. The standard InChI is InChI=1S/C23H22N2O4/c1-4-14-23(2,3)22(28)24-19-17-12-8-9-13-18(17)20(26)25(21(19)27)29-15-16-10-6-5-7-11-16/h5-13,19H,15H2,1-3H3,(H,24,28). The zero-order valence-corrected chi connectivity index (χ0v) is 16.6. The second-order valence-corrected chi connectivity index (χ2v) is 7.19. The Morgan fingerprint density at radius 3 is 2.45 bits per heavy atom. The lowest BCUT2D eigenvalue weighted by atomic mass is 9.90. The SMILES string of the molecule is CC#CC(C)(C)C(=O)NC1C(=O)N(OCc2ccccc2)C(=O)c2ccccc21. The van der Waals surface area contributed by atoms with Crippen molar-refractivity contribution in [2.24, 2.45) is 5.41 Å². The van der Waals surface area contributed by atoms with E-state index in [0.717, 1.165) is 10.6 Å². The normalized spacial score (nSPS) is 16.0. The molecule has 0 fully saturated rings. The molecule has 2 aromatic rings. The monoisotopic (exact) mass is 390 g/mol. The van der Waals surface area contributed by atoms with Crippen LogP contribution in [-0.2, 0) is 21.0 Å². The van der Waals surface area contributed by atoms with E-state index < -0.39 is 29.2 Å². The molecule has 1 aliphatic heterocycles. The molecule has 1 N–H and O–H groups in total. The number of nitrogens with one attached hydrogen (secondary N) is 1. The molecule has 0 aromatic heterocycles. The highest BCUT2D eigenvalue weighted by Crippen LogP contribution is 2.29. The third-order valence-electron chi connectivity index (χ3n) is 4.62. The summed E-state index contributed by atoms with van der Waals surface area (Å²) in [6, 6.07) is 14.9. The van der Waals surface area contributed by atoms with Crippen molar-refractivity contribution < 1.29 is 19.2 Å². The molecule has 0 radical (unpaired) electrons. The van der Waals surface area contributed by atoms with Crippen LogP contribution in [0.25, 0.3) is 0 Å². The Morgan fingerprint density at radius 1 is 1.10 bits per heavy atom. The maximum atomic E-state index is 13.1. The van der Waals surface area contributed by atoms with Crippen molar-refractivity contribution >= 4 is 17.7 Å². The van der Waals surface area contributed by atoms with Crippen molar-refractivity contribution in [3.8, 4) is 11.8 Å². The van der Waals surface area contributed by atoms with Crippen LogP contribution in [0.15, 0.2) is 54.6 Å². The van der Waals surface area contributed by atoms with Crippen molar-refractivity contribution in [1.29, 1.82) is 0 Å². The maximum Gasteiger partial charge on any atom is 0.285 e. The van der Waals surface area contributed by atoms with Gasteiger partial charge in [0, 0.05) is 5.56 Å². The number of imide groups is 1. The molecular weight excluding hydrogens is 368 g/mol. The second-order valence-electron chi connectivity index (χ2n) is 7.19. The van der Waals surface area contributed by atoms with Gasteiger partial charge < -0.3 is 5.32 Å². The van der Waals surface area contributed by atoms with Crippen LogP contribution in [0.1, 0.15) is 48.3 Å². The molecular formula is C23H22N2O4. The van der Waals surface area contributed by atoms with Crippen molar-refractivity contribution in [3.63, 3.8) is 0 Å². The predicted octanol–water partition coefficient (Wildman–Crippen LogP) is 3.01. The summed E-state index contributed by atoms with van der Waals surface area (Å²) in [6.45, 7) is 5.04. The minimum absolute atomic E-state index is 0.0496. The van der Waals surface area contributed by atoms with Gasteiger partial charge in [0.25, 0.3) is 11.8 Å². The first kappa shape index (κ1) is 20.3. The smallest absolute Gasteiger partial charge is 0.285 e. The number of hydrogen-bond donors (Lipinski definition) is 1. The van der Waals surface area contributed by atoms with Gasteiger partial charge in [-0.1, -0.05) is 54.5 Å². The number of amides is 3. The lowest BCUT2D eigenvalue weighted by Gasteiger charge is -2.33. The molecule has 3 rings (SSSR count). The molecule has 0 bridgehead atoms. The average Bonchev–Trinajstić information content (AvgIpc) is 2.71. The lowest BCUT2D eigenvalue weighted by Crippen LogP contribution is -2.51. The summed E-state index contributed by atoms with van der Waals surface area (Å²) in [5, 5.41) is 3.47. The number of nitrogens with zero attached hydrogens (tertiary/aromatic N) is 1. The van der Waals surface area contributed by atoms with E-state index in [1.165, 1.54) is 0 Å². The van der Waals surface area contributed by atoms with Gasteiger partial charge >= 0.3 is 0 Å². The topological polar surface area (TPSA) is 75.7 Å². The highest BCUT2D eigenvalue weighted by Gasteiger charge is 2.42. The van der Waals surface area contributed by atoms with Gasteiger partial charge in [0.15, 0.2) is 0 Å². The summed E-state index contributed by atoms with van der Waals surface area (Å²) in [5.41, 5.74) is 0.577. The number of hydroxylamine groups is 2. The lowest BCUT2D eigenvalue weighted by molar-refractivity contribution is -0.178. The number of rotatable bonds is 5. The molecule has 2 aromatic carbocycles. The zero-order valence-electron chi connectivity index (χ0n) is 16.6. The predicted molar refractivity (Wildman–Crippen MR) is 107 cm³/mol. The van der Waals surface area contributed by atoms with E-state index in [4.69, 9.17) is 4.84 Å². The van der Waals surface area contributed by atoms with Gasteiger partial charge in [-0.05, 0) is 38.0 Å². The average molecular weight is 390 g/mol. The Hall–Kier alpha value is -3.43. The Labute approximate surface area is 169 Å². The summed E-state index contributed by atoms with van der Waals surface area (Å²) in [5.74, 6) is 3.96. The van der Waals surface area contributed by atoms with Crippen LogP contribution >= 0.6 is 0 Å². The highest BCUT2D eigenvalue weighted by atomic mass is 16.7. The van der Waals surface area contributed by atoms with Gasteiger partial charge in [-0.25, -0.2) is 0 Å². The molecule has 6 heteroatoms. The van der Waals surface area contributed by atoms with E-state index in [0.29, 0.717) is 11.1 Å². The first-order valence-electron chi connectivity index (χ1n) is 9.24. The third kappa shape index (κ3) is 4.20. The molecule has 1 atom stereocenters. The molecule has 1 aliphatic rings. The van der Waals surface area contributed by atoms with Crippen molar-refractivity contribution in [2.45, 2.75) is 33.4 Å². The summed E-state index contributed by atoms with van der Waals surface area (Å²) < 4.78 is 0. The molecule has 0 saturated heterocycles. The minimum Gasteiger partial charge on any atom is -0.339 e. The van der Waals surface area contributed by atoms with Gasteiger partial charge in [0.05, 0.1) is 0 Å². The van der Waals surface area contributed by atoms with E-state index in [2.05, 4.69) is 17.2 Å². The molecule has 148 valence electrons. The second kappa shape index (κ2) is 8.29. The van der Waals surface area contributed by atoms with Crippen LogP contribution in [0.4, 0.5) is 0 Å². The molecule has 6 nitrogen and oxygen atoms in total. The first-order valence-corrected chi connectivity index (χ1v) is 9.24. The fourth-order valence-electron chi connectivity index (χ4n) is 3.06. The van der Waals surface area contributed by atoms with Gasteiger partial charge in [0.1, 0.15) is 18.1 Å². The van der Waals surface area contributed by atoms with E-state index in [1.807, 2.05) is 30.3 Å². The van der Waals surface area contributed by atoms with Gasteiger partial charge in [-0.15, -0.1) is 11.0 Å². The summed E-state index contributed by atoms with van der Waals surface area (Å²) >= 11 is 0. The van der Waals surface area contributed by atoms with Crippen LogP contribution < -0.4 is 5.32 Å². The molecule has 0 saturated carbocycles. The number of carbonyl (C=O) groups is 3. The molecule has 29 heavy (non-hydrogen) atoms. The first-order chi connectivity index (χ1) is 13.8. The summed E-state index contributed by atoms with van der Waals surface area (Å²) in [7, 11) is 0. The van der Waals surface area contributed by atoms with Crippen molar-refractivity contribution in [2.75, 3.05) is 0 Å². The Bertz CT molecular complexity index is 1000. The van der Waals surface area contributed by atoms with Crippen molar-refractivity contribution in [1.82, 2.24) is 10.4 Å². The third-order valence-corrected chi connectivity index (χ3v) is 4.62. The van der Waals surface area contributed by atoms with Crippen LogP contribution in [0.3, 0.4) is 0 Å². The van der Waals surface area contributed by atoms with Gasteiger partial charge in [0.2, 0.25) is 5.91 Å². The van der Waals surface area contributed by atoms with Crippen LogP contribution in [0.2, 0.25) is 0 Å². The van der Waals surface area contributed by atoms with Crippen LogP contribution in [-0.4, -0.2) is 22.8 Å². The highest BCUT2D eigenvalue weighted by molar-refractivity contribution is 6.11. The Kier molecular flexibility index (Phi) is 5.81. The van der Waals surface area contributed by atoms with Crippen LogP contribution in [0, 0.1) is 17.3 Å². The Morgan fingerprint density at radius 2 is 1.76 bits per heavy atom. The van der Waals surface area contributed by atoms with Crippen molar-refractivity contribution in [3.05, 3.63) is 71.3 Å². The molecule has 3 amide bonds. The van der Waals surface area contributed by atoms with E-state index in [9.17, 15) is 14.4 Å². The van der Waals surface area contributed by atoms with E-state index >= 15 is 0 Å². The molecule has 1 unspecified atom stereocenters. The quantitative estimate of drug-likeness (QED) is 0.629. The van der Waals surface area contributed by atoms with E-state index in [-0.39, 0.29) is 6.61 Å². The summed E-state index contributed by atoms with van der Waals surface area (Å²) in [4.78, 5) is 44.2. The fourth-order valence-corrected chi connectivity index (χ4v) is 3.06. The zero-order chi connectivity index (χ0) is 21.0. The number of benzene rings is 2. The molecule has 0 spiro atoms. The molecule has 1 heterocycles. The summed E-state index contributed by atoms with van der Waals surface area (Å²) in [6.07, 6.45) is 0. The minimum atomic E-state index is -1.04. The van der Waals surface area contributed by atoms with Crippen LogP contribution in [0.5, 0.6) is 0 Å². The van der Waals surface area contributed by atoms with Gasteiger partial charge in [-0.3, -0.25) is 19.2 Å². The van der Waals surface area contributed by atoms with Gasteiger partial charge in [-0.2, -0.15) is 0 Å².